The van der Waals surface area contributed by atoms with Crippen molar-refractivity contribution in [3.63, 3.8) is 0 Å². The molecule has 3 aromatic heterocycles. The number of halogens is 3. The van der Waals surface area contributed by atoms with Crippen LogP contribution in [-0.4, -0.2) is 19.5 Å². The van der Waals surface area contributed by atoms with Gasteiger partial charge in [-0.1, -0.05) is 11.8 Å². The Bertz CT molecular complexity index is 1020. The highest BCUT2D eigenvalue weighted by atomic mass is 32.2. The fraction of sp³-hybridized carbons (Fsp3) is 0.250. The molecule has 0 saturated carbocycles. The number of hydrogen-bond acceptors (Lipinski definition) is 6. The molecule has 26 heavy (non-hydrogen) atoms. The Morgan fingerprint density at radius 3 is 2.69 bits per heavy atom. The molecule has 0 aromatic carbocycles. The Labute approximate surface area is 150 Å². The molecule has 1 unspecified atom stereocenters. The number of aryl methyl sites for hydroxylation is 1. The van der Waals surface area contributed by atoms with Crippen LogP contribution in [0.2, 0.25) is 0 Å². The maximum Gasteiger partial charge on any atom is 0.418 e. The Morgan fingerprint density at radius 1 is 1.31 bits per heavy atom. The van der Waals surface area contributed by atoms with Crippen molar-refractivity contribution < 1.29 is 13.2 Å². The van der Waals surface area contributed by atoms with Gasteiger partial charge in [-0.3, -0.25) is 4.98 Å². The Balaban J connectivity index is 1.98. The summed E-state index contributed by atoms with van der Waals surface area (Å²) in [5.74, 6) is 0.150. The number of aromatic nitrogens is 4. The van der Waals surface area contributed by atoms with Gasteiger partial charge in [0, 0.05) is 24.7 Å². The van der Waals surface area contributed by atoms with Crippen LogP contribution in [0.15, 0.2) is 29.7 Å². The number of hydrogen-bond donors (Lipinski definition) is 1. The molecule has 1 atom stereocenters. The number of nitriles is 1. The molecule has 3 heterocycles. The number of anilines is 1. The van der Waals surface area contributed by atoms with Crippen LogP contribution in [-0.2, 0) is 13.2 Å². The lowest BCUT2D eigenvalue weighted by molar-refractivity contribution is -0.136. The van der Waals surface area contributed by atoms with Gasteiger partial charge in [0.05, 0.1) is 28.2 Å². The molecule has 0 aliphatic carbocycles. The van der Waals surface area contributed by atoms with E-state index in [4.69, 9.17) is 11.0 Å². The average molecular weight is 378 g/mol. The van der Waals surface area contributed by atoms with Crippen LogP contribution in [0.25, 0.3) is 10.9 Å². The number of thioether (sulfide) groups is 1. The van der Waals surface area contributed by atoms with E-state index >= 15 is 0 Å². The molecular weight excluding hydrogens is 365 g/mol. The Morgan fingerprint density at radius 2 is 2.04 bits per heavy atom. The van der Waals surface area contributed by atoms with E-state index in [9.17, 15) is 13.2 Å². The topological polar surface area (TPSA) is 93.4 Å². The minimum Gasteiger partial charge on any atom is -0.384 e. The summed E-state index contributed by atoms with van der Waals surface area (Å²) in [4.78, 5) is 12.3. The molecule has 0 amide bonds. The second-order valence-electron chi connectivity index (χ2n) is 5.61. The third kappa shape index (κ3) is 3.43. The molecular formula is C16H13F3N6S. The highest BCUT2D eigenvalue weighted by Crippen LogP contribution is 2.38. The van der Waals surface area contributed by atoms with Gasteiger partial charge in [0.1, 0.15) is 17.6 Å². The third-order valence-electron chi connectivity index (χ3n) is 3.74. The summed E-state index contributed by atoms with van der Waals surface area (Å²) in [7, 11) is 1.54. The number of nitrogens with zero attached hydrogens (tertiary/aromatic N) is 5. The first-order valence-electron chi connectivity index (χ1n) is 7.42. The van der Waals surface area contributed by atoms with Gasteiger partial charge >= 0.3 is 6.18 Å². The Hall–Kier alpha value is -2.80. The van der Waals surface area contributed by atoms with Crippen molar-refractivity contribution in [3.05, 3.63) is 41.5 Å². The lowest BCUT2D eigenvalue weighted by Gasteiger charge is -2.11. The van der Waals surface area contributed by atoms with Gasteiger partial charge in [-0.05, 0) is 13.0 Å². The molecule has 0 aliphatic rings. The summed E-state index contributed by atoms with van der Waals surface area (Å²) in [6.45, 7) is 1.77. The molecule has 0 fully saturated rings. The monoisotopic (exact) mass is 378 g/mol. The van der Waals surface area contributed by atoms with Gasteiger partial charge in [-0.15, -0.1) is 0 Å². The fourth-order valence-electron chi connectivity index (χ4n) is 2.51. The van der Waals surface area contributed by atoms with Crippen molar-refractivity contribution in [3.8, 4) is 6.07 Å². The number of nitrogen functional groups attached to an aromatic ring is 1. The predicted molar refractivity (Wildman–Crippen MR) is 91.1 cm³/mol. The molecule has 0 radical (unpaired) electrons. The van der Waals surface area contributed by atoms with Crippen LogP contribution in [0, 0.1) is 11.3 Å². The summed E-state index contributed by atoms with van der Waals surface area (Å²) in [6.07, 6.45) is -1.99. The molecule has 0 spiro atoms. The van der Waals surface area contributed by atoms with E-state index in [-0.39, 0.29) is 27.3 Å². The highest BCUT2D eigenvalue weighted by Gasteiger charge is 2.34. The predicted octanol–water partition coefficient (Wildman–Crippen LogP) is 3.69. The number of pyridine rings is 1. The largest absolute Gasteiger partial charge is 0.418 e. The van der Waals surface area contributed by atoms with Crippen LogP contribution in [0.3, 0.4) is 0 Å². The SMILES string of the molecule is CC(Sc1nc(N)cc(C#N)n1)c1cc2c(C(F)(F)F)cn(C)c2cn1. The number of nitrogens with two attached hydrogens (primary N) is 1. The van der Waals surface area contributed by atoms with Gasteiger partial charge < -0.3 is 10.3 Å². The van der Waals surface area contributed by atoms with Gasteiger partial charge in [-0.2, -0.15) is 18.4 Å². The van der Waals surface area contributed by atoms with Gasteiger partial charge in [0.2, 0.25) is 0 Å². The van der Waals surface area contributed by atoms with Crippen molar-refractivity contribution in [2.75, 3.05) is 5.73 Å². The zero-order valence-electron chi connectivity index (χ0n) is 13.7. The van der Waals surface area contributed by atoms with E-state index in [1.54, 1.807) is 14.0 Å². The van der Waals surface area contributed by atoms with E-state index in [1.165, 1.54) is 34.7 Å². The van der Waals surface area contributed by atoms with E-state index in [0.29, 0.717) is 11.2 Å². The molecule has 0 bridgehead atoms. The summed E-state index contributed by atoms with van der Waals surface area (Å²) < 4.78 is 41.1. The number of fused-ring (bicyclic) bond motifs is 1. The first-order chi connectivity index (χ1) is 12.2. The second-order valence-corrected chi connectivity index (χ2v) is 6.92. The fourth-order valence-corrected chi connectivity index (χ4v) is 3.39. The first kappa shape index (κ1) is 18.0. The maximum absolute atomic E-state index is 13.2. The maximum atomic E-state index is 13.2. The van der Waals surface area contributed by atoms with Gasteiger partial charge in [-0.25, -0.2) is 9.97 Å². The summed E-state index contributed by atoms with van der Waals surface area (Å²) in [6, 6.07) is 4.65. The van der Waals surface area contributed by atoms with Crippen molar-refractivity contribution in [2.45, 2.75) is 23.5 Å². The Kier molecular flexibility index (Phi) is 4.50. The molecule has 6 nitrogen and oxygen atoms in total. The van der Waals surface area contributed by atoms with E-state index < -0.39 is 11.7 Å². The molecule has 0 saturated heterocycles. The van der Waals surface area contributed by atoms with Crippen molar-refractivity contribution >= 4 is 28.5 Å². The van der Waals surface area contributed by atoms with Crippen LogP contribution >= 0.6 is 11.8 Å². The quantitative estimate of drug-likeness (QED) is 0.552. The second kappa shape index (κ2) is 6.49. The number of rotatable bonds is 3. The standard InChI is InChI=1S/C16H13F3N6S/c1-8(26-15-23-9(5-20)3-14(21)24-15)12-4-10-11(16(17,18)19)7-25(2)13(10)6-22-12/h3-4,6-8H,1-2H3,(H2,21,23,24). The minimum atomic E-state index is -4.45. The molecule has 0 aliphatic heterocycles. The normalized spacial score (nSPS) is 12.9. The lowest BCUT2D eigenvalue weighted by Crippen LogP contribution is -2.04. The average Bonchev–Trinajstić information content (AvgIpc) is 2.91. The molecule has 134 valence electrons. The smallest absolute Gasteiger partial charge is 0.384 e. The summed E-state index contributed by atoms with van der Waals surface area (Å²) in [5.41, 5.74) is 5.89. The summed E-state index contributed by atoms with van der Waals surface area (Å²) in [5, 5.41) is 8.95. The van der Waals surface area contributed by atoms with Crippen molar-refractivity contribution in [1.29, 1.82) is 5.26 Å². The van der Waals surface area contributed by atoms with Crippen LogP contribution in [0.5, 0.6) is 0 Å². The van der Waals surface area contributed by atoms with Crippen molar-refractivity contribution in [2.24, 2.45) is 7.05 Å². The van der Waals surface area contributed by atoms with E-state index in [0.717, 1.165) is 6.20 Å². The zero-order valence-corrected chi connectivity index (χ0v) is 14.6. The van der Waals surface area contributed by atoms with Gasteiger partial charge in [0.25, 0.3) is 0 Å². The van der Waals surface area contributed by atoms with Crippen molar-refractivity contribution in [1.82, 2.24) is 19.5 Å². The van der Waals surface area contributed by atoms with E-state index in [2.05, 4.69) is 15.0 Å². The van der Waals surface area contributed by atoms with Crippen LogP contribution in [0.4, 0.5) is 19.0 Å². The molecule has 3 aromatic rings. The summed E-state index contributed by atoms with van der Waals surface area (Å²) >= 11 is 1.17. The van der Waals surface area contributed by atoms with E-state index in [1.807, 2.05) is 6.07 Å². The van der Waals surface area contributed by atoms with Crippen LogP contribution < -0.4 is 5.73 Å². The molecule has 10 heteroatoms. The zero-order chi connectivity index (χ0) is 19.1. The van der Waals surface area contributed by atoms with Gasteiger partial charge in [0.15, 0.2) is 5.16 Å². The minimum absolute atomic E-state index is 0.0867. The molecule has 3 rings (SSSR count). The van der Waals surface area contributed by atoms with Crippen LogP contribution in [0.1, 0.15) is 29.1 Å². The lowest BCUT2D eigenvalue weighted by atomic mass is 10.1. The molecule has 2 N–H and O–H groups in total. The first-order valence-corrected chi connectivity index (χ1v) is 8.30. The number of alkyl halides is 3. The highest BCUT2D eigenvalue weighted by molar-refractivity contribution is 7.99. The third-order valence-corrected chi connectivity index (χ3v) is 4.73.